The predicted molar refractivity (Wildman–Crippen MR) is 87.3 cm³/mol. The first-order valence-electron chi connectivity index (χ1n) is 6.36. The van der Waals surface area contributed by atoms with Gasteiger partial charge in [0.2, 0.25) is 0 Å². The highest BCUT2D eigenvalue weighted by Gasteiger charge is 2.29. The van der Waals surface area contributed by atoms with Crippen molar-refractivity contribution in [2.75, 3.05) is 11.4 Å². The van der Waals surface area contributed by atoms with E-state index in [0.717, 1.165) is 10.0 Å². The number of benzene rings is 2. The molecule has 1 aliphatic heterocycles. The third kappa shape index (κ3) is 2.76. The van der Waals surface area contributed by atoms with E-state index in [-0.39, 0.29) is 11.9 Å². The molecule has 6 heteroatoms. The molecule has 21 heavy (non-hydrogen) atoms. The van der Waals surface area contributed by atoms with E-state index in [1.165, 1.54) is 12.1 Å². The van der Waals surface area contributed by atoms with Crippen LogP contribution in [0.1, 0.15) is 11.6 Å². The molecule has 0 amide bonds. The fourth-order valence-electron chi connectivity index (χ4n) is 2.41. The number of aliphatic imine (C=N–C) groups is 1. The predicted octanol–water partition coefficient (Wildman–Crippen LogP) is 4.12. The molecule has 3 nitrogen and oxygen atoms in total. The van der Waals surface area contributed by atoms with Crippen molar-refractivity contribution >= 4 is 39.2 Å². The van der Waals surface area contributed by atoms with Gasteiger partial charge in [-0.15, -0.1) is 0 Å². The molecule has 0 saturated heterocycles. The smallest absolute Gasteiger partial charge is 0.196 e. The Morgan fingerprint density at radius 3 is 2.81 bits per heavy atom. The fourth-order valence-corrected chi connectivity index (χ4v) is 2.85. The Kier molecular flexibility index (Phi) is 3.87. The standard InChI is InChI=1S/C15H12BrClFN3/c16-12-5-4-9(6-13(12)17)14-8-20-15(19)21(14)11-3-1-2-10(18)7-11/h1-7,14H,8H2,(H2,19,20). The number of nitrogens with zero attached hydrogens (tertiary/aromatic N) is 2. The summed E-state index contributed by atoms with van der Waals surface area (Å²) in [4.78, 5) is 6.10. The molecule has 0 spiro atoms. The van der Waals surface area contributed by atoms with Crippen LogP contribution in [-0.2, 0) is 0 Å². The summed E-state index contributed by atoms with van der Waals surface area (Å²) in [5, 5.41) is 0.622. The lowest BCUT2D eigenvalue weighted by Gasteiger charge is -2.27. The minimum absolute atomic E-state index is 0.0857. The normalized spacial score (nSPS) is 18.0. The lowest BCUT2D eigenvalue weighted by atomic mass is 10.1. The molecule has 3 rings (SSSR count). The van der Waals surface area contributed by atoms with Gasteiger partial charge in [0, 0.05) is 10.2 Å². The van der Waals surface area contributed by atoms with Crippen LogP contribution in [-0.4, -0.2) is 12.5 Å². The van der Waals surface area contributed by atoms with E-state index in [4.69, 9.17) is 17.3 Å². The molecule has 1 atom stereocenters. The first-order valence-corrected chi connectivity index (χ1v) is 7.53. The topological polar surface area (TPSA) is 41.6 Å². The Morgan fingerprint density at radius 2 is 2.10 bits per heavy atom. The van der Waals surface area contributed by atoms with Crippen molar-refractivity contribution in [3.63, 3.8) is 0 Å². The highest BCUT2D eigenvalue weighted by atomic mass is 79.9. The zero-order valence-corrected chi connectivity index (χ0v) is 13.3. The quantitative estimate of drug-likeness (QED) is 0.866. The molecular formula is C15H12BrClFN3. The van der Waals surface area contributed by atoms with Crippen LogP contribution in [0.5, 0.6) is 0 Å². The molecule has 0 bridgehead atoms. The molecule has 0 saturated carbocycles. The van der Waals surface area contributed by atoms with Crippen molar-refractivity contribution in [2.24, 2.45) is 10.7 Å². The molecule has 0 aliphatic carbocycles. The number of nitrogens with two attached hydrogens (primary N) is 1. The number of halogens is 3. The zero-order chi connectivity index (χ0) is 15.0. The average molecular weight is 369 g/mol. The van der Waals surface area contributed by atoms with Crippen molar-refractivity contribution in [2.45, 2.75) is 6.04 Å². The molecule has 2 aromatic carbocycles. The van der Waals surface area contributed by atoms with Crippen LogP contribution in [0, 0.1) is 5.82 Å². The van der Waals surface area contributed by atoms with Crippen LogP contribution in [0.15, 0.2) is 51.9 Å². The highest BCUT2D eigenvalue weighted by molar-refractivity contribution is 9.10. The lowest BCUT2D eigenvalue weighted by molar-refractivity contribution is 0.626. The molecule has 1 unspecified atom stereocenters. The number of anilines is 1. The van der Waals surface area contributed by atoms with Crippen LogP contribution < -0.4 is 10.6 Å². The van der Waals surface area contributed by atoms with Crippen molar-refractivity contribution < 1.29 is 4.39 Å². The Balaban J connectivity index is 2.00. The maximum absolute atomic E-state index is 13.5. The minimum Gasteiger partial charge on any atom is -0.369 e. The average Bonchev–Trinajstić information content (AvgIpc) is 2.84. The summed E-state index contributed by atoms with van der Waals surface area (Å²) in [6.45, 7) is 0.514. The molecule has 0 aromatic heterocycles. The maximum atomic E-state index is 13.5. The molecule has 2 aromatic rings. The molecule has 1 heterocycles. The first-order chi connectivity index (χ1) is 10.1. The third-order valence-corrected chi connectivity index (χ3v) is 4.63. The van der Waals surface area contributed by atoms with Gasteiger partial charge in [0.1, 0.15) is 5.82 Å². The van der Waals surface area contributed by atoms with Gasteiger partial charge < -0.3 is 10.6 Å². The van der Waals surface area contributed by atoms with Gasteiger partial charge in [0.05, 0.1) is 17.6 Å². The summed E-state index contributed by atoms with van der Waals surface area (Å²) in [6, 6.07) is 11.9. The second-order valence-corrected chi connectivity index (χ2v) is 6.00. The molecule has 108 valence electrons. The van der Waals surface area contributed by atoms with Crippen molar-refractivity contribution in [3.8, 4) is 0 Å². The van der Waals surface area contributed by atoms with E-state index in [2.05, 4.69) is 20.9 Å². The summed E-state index contributed by atoms with van der Waals surface area (Å²) in [6.07, 6.45) is 0. The lowest BCUT2D eigenvalue weighted by Crippen LogP contribution is -2.36. The van der Waals surface area contributed by atoms with Gasteiger partial charge in [-0.3, -0.25) is 4.99 Å². The van der Waals surface area contributed by atoms with E-state index in [1.807, 2.05) is 29.2 Å². The number of hydrogen-bond donors (Lipinski definition) is 1. The Morgan fingerprint density at radius 1 is 1.29 bits per heavy atom. The summed E-state index contributed by atoms with van der Waals surface area (Å²) in [5.41, 5.74) is 7.63. The Labute approximate surface area is 135 Å². The highest BCUT2D eigenvalue weighted by Crippen LogP contribution is 2.34. The van der Waals surface area contributed by atoms with Gasteiger partial charge in [0.25, 0.3) is 0 Å². The van der Waals surface area contributed by atoms with Gasteiger partial charge in [0.15, 0.2) is 5.96 Å². The third-order valence-electron chi connectivity index (χ3n) is 3.40. The summed E-state index contributed by atoms with van der Waals surface area (Å²) >= 11 is 9.52. The van der Waals surface area contributed by atoms with Crippen molar-refractivity contribution in [3.05, 3.63) is 63.3 Å². The maximum Gasteiger partial charge on any atom is 0.196 e. The van der Waals surface area contributed by atoms with Crippen LogP contribution in [0.2, 0.25) is 5.02 Å². The van der Waals surface area contributed by atoms with E-state index in [1.54, 1.807) is 6.07 Å². The second-order valence-electron chi connectivity index (χ2n) is 4.74. The van der Waals surface area contributed by atoms with Gasteiger partial charge in [-0.05, 0) is 51.8 Å². The van der Waals surface area contributed by atoms with Crippen LogP contribution >= 0.6 is 27.5 Å². The first kappa shape index (κ1) is 14.4. The van der Waals surface area contributed by atoms with E-state index >= 15 is 0 Å². The van der Waals surface area contributed by atoms with E-state index < -0.39 is 0 Å². The van der Waals surface area contributed by atoms with Gasteiger partial charge in [-0.2, -0.15) is 0 Å². The largest absolute Gasteiger partial charge is 0.369 e. The molecule has 0 fully saturated rings. The van der Waals surface area contributed by atoms with E-state index in [9.17, 15) is 4.39 Å². The van der Waals surface area contributed by atoms with Crippen LogP contribution in [0.3, 0.4) is 0 Å². The van der Waals surface area contributed by atoms with Gasteiger partial charge in [-0.25, -0.2) is 4.39 Å². The SMILES string of the molecule is NC1=NCC(c2ccc(Br)c(Cl)c2)N1c1cccc(F)c1. The Bertz CT molecular complexity index is 720. The van der Waals surface area contributed by atoms with Crippen molar-refractivity contribution in [1.82, 2.24) is 0 Å². The Hall–Kier alpha value is -1.59. The summed E-state index contributed by atoms with van der Waals surface area (Å²) < 4.78 is 14.3. The second kappa shape index (κ2) is 5.66. The number of rotatable bonds is 2. The number of hydrogen-bond acceptors (Lipinski definition) is 3. The number of guanidine groups is 1. The molecule has 1 aliphatic rings. The summed E-state index contributed by atoms with van der Waals surface area (Å²) in [7, 11) is 0. The van der Waals surface area contributed by atoms with Crippen LogP contribution in [0.4, 0.5) is 10.1 Å². The van der Waals surface area contributed by atoms with Crippen molar-refractivity contribution in [1.29, 1.82) is 0 Å². The zero-order valence-electron chi connectivity index (χ0n) is 10.9. The fraction of sp³-hybridized carbons (Fsp3) is 0.133. The molecular weight excluding hydrogens is 357 g/mol. The van der Waals surface area contributed by atoms with Crippen LogP contribution in [0.25, 0.3) is 0 Å². The monoisotopic (exact) mass is 367 g/mol. The van der Waals surface area contributed by atoms with E-state index in [0.29, 0.717) is 23.2 Å². The van der Waals surface area contributed by atoms with Gasteiger partial charge in [-0.1, -0.05) is 23.7 Å². The molecule has 2 N–H and O–H groups in total. The minimum atomic E-state index is -0.306. The summed E-state index contributed by atoms with van der Waals surface area (Å²) in [5.74, 6) is 0.0735. The van der Waals surface area contributed by atoms with Gasteiger partial charge >= 0.3 is 0 Å². The molecule has 0 radical (unpaired) electrons.